The quantitative estimate of drug-likeness (QED) is 0.0182. The smallest absolute Gasteiger partial charge is 0.462 e. The molecule has 13 heteroatoms. The number of hydrogen-bond acceptors (Lipinski definition) is 11. The van der Waals surface area contributed by atoms with E-state index in [1.54, 1.807) is 6.08 Å². The molecule has 0 aliphatic heterocycles. The van der Waals surface area contributed by atoms with Crippen molar-refractivity contribution in [3.63, 3.8) is 0 Å². The number of aliphatic hydroxyl groups excluding tert-OH is 3. The van der Waals surface area contributed by atoms with Crippen LogP contribution < -0.4 is 0 Å². The van der Waals surface area contributed by atoms with E-state index in [-0.39, 0.29) is 50.4 Å². The molecule has 1 unspecified atom stereocenters. The zero-order chi connectivity index (χ0) is 40.6. The highest BCUT2D eigenvalue weighted by Gasteiger charge is 2.39. The number of carbonyl (C=O) groups excluding carboxylic acids is 2. The minimum absolute atomic E-state index is 0.0708. The summed E-state index contributed by atoms with van der Waals surface area (Å²) in [5, 5.41) is 31.3. The molecule has 0 aromatic rings. The van der Waals surface area contributed by atoms with Gasteiger partial charge in [-0.25, -0.2) is 4.57 Å². The van der Waals surface area contributed by atoms with Gasteiger partial charge in [0, 0.05) is 38.2 Å². The van der Waals surface area contributed by atoms with Crippen LogP contribution in [0.5, 0.6) is 0 Å². The fraction of sp³-hybridized carbons (Fsp3) is 0.857. The SMILES string of the molecule is CCCCCCCCCCCCCCCC(=O)OC[C@H](COP(=O)(OC)OCCCl)OC(=O)CCC/C=C\C[C@@H]1[C@H](/C=C/[C@@H](O)CCCCC)[C@@H](O)C[C@H]1O. The van der Waals surface area contributed by atoms with E-state index in [4.69, 9.17) is 34.6 Å². The number of halogens is 1. The Labute approximate surface area is 337 Å². The van der Waals surface area contributed by atoms with E-state index in [2.05, 4.69) is 13.8 Å². The fourth-order valence-electron chi connectivity index (χ4n) is 6.77. The molecule has 7 atom stereocenters. The number of rotatable bonds is 36. The highest BCUT2D eigenvalue weighted by Crippen LogP contribution is 2.48. The third-order valence-electron chi connectivity index (χ3n) is 10.1. The lowest BCUT2D eigenvalue weighted by Crippen LogP contribution is -2.29. The lowest BCUT2D eigenvalue weighted by atomic mass is 9.89. The third-order valence-corrected chi connectivity index (χ3v) is 11.6. The topological polar surface area (TPSA) is 158 Å². The van der Waals surface area contributed by atoms with Crippen LogP contribution in [-0.4, -0.2) is 84.5 Å². The third kappa shape index (κ3) is 26.4. The van der Waals surface area contributed by atoms with Gasteiger partial charge in [0.25, 0.3) is 0 Å². The van der Waals surface area contributed by atoms with Crippen LogP contribution in [0.2, 0.25) is 0 Å². The Bertz CT molecular complexity index is 1070. The molecule has 0 amide bonds. The van der Waals surface area contributed by atoms with Gasteiger partial charge in [0.05, 0.1) is 31.5 Å². The minimum atomic E-state index is -3.95. The van der Waals surface area contributed by atoms with Gasteiger partial charge < -0.3 is 24.8 Å². The van der Waals surface area contributed by atoms with Crippen LogP contribution in [0.4, 0.5) is 0 Å². The number of esters is 2. The number of aliphatic hydroxyl groups is 3. The lowest BCUT2D eigenvalue weighted by Gasteiger charge is -2.21. The Morgan fingerprint density at radius 1 is 0.782 bits per heavy atom. The van der Waals surface area contributed by atoms with Crippen molar-refractivity contribution in [3.05, 3.63) is 24.3 Å². The minimum Gasteiger partial charge on any atom is -0.462 e. The molecular formula is C42H76ClO11P. The van der Waals surface area contributed by atoms with Crippen molar-refractivity contribution in [3.8, 4) is 0 Å². The molecule has 0 heterocycles. The zero-order valence-corrected chi connectivity index (χ0v) is 35.9. The average Bonchev–Trinajstić information content (AvgIpc) is 3.44. The number of alkyl halides is 1. The Balaban J connectivity index is 2.49. The predicted molar refractivity (Wildman–Crippen MR) is 219 cm³/mol. The summed E-state index contributed by atoms with van der Waals surface area (Å²) in [6.07, 6.45) is 26.3. The Hall–Kier alpha value is -1.30. The number of hydrogen-bond donors (Lipinski definition) is 3. The van der Waals surface area contributed by atoms with Gasteiger partial charge in [0.15, 0.2) is 6.10 Å². The Morgan fingerprint density at radius 2 is 1.38 bits per heavy atom. The van der Waals surface area contributed by atoms with E-state index in [9.17, 15) is 29.5 Å². The van der Waals surface area contributed by atoms with Crippen LogP contribution in [0.25, 0.3) is 0 Å². The van der Waals surface area contributed by atoms with E-state index in [0.29, 0.717) is 32.1 Å². The van der Waals surface area contributed by atoms with E-state index >= 15 is 0 Å². The standard InChI is InChI=1S/C42H76ClO11P/c1-4-6-8-9-10-11-12-13-14-15-16-17-22-26-41(47)51-33-36(34-53-55(49,50-3)52-31-30-43)54-42(48)27-23-19-18-21-25-37-38(40(46)32-39(37)45)29-28-35(44)24-20-7-5-2/h18,21,28-29,35-40,44-46H,4-17,19-20,22-27,30-34H2,1-3H3/b21-18-,29-28+/t35-,36+,37+,38-,39+,40-,55?/m0/s1. The number of phosphoric ester groups is 1. The first-order chi connectivity index (χ1) is 26.6. The first kappa shape index (κ1) is 51.7. The number of ether oxygens (including phenoxy) is 2. The summed E-state index contributed by atoms with van der Waals surface area (Å²) in [4.78, 5) is 25.3. The molecule has 0 aromatic carbocycles. The van der Waals surface area contributed by atoms with Crippen molar-refractivity contribution < 1.29 is 52.5 Å². The zero-order valence-electron chi connectivity index (χ0n) is 34.3. The van der Waals surface area contributed by atoms with Crippen molar-refractivity contribution in [2.75, 3.05) is 32.8 Å². The maximum absolute atomic E-state index is 12.8. The molecule has 1 fully saturated rings. The highest BCUT2D eigenvalue weighted by molar-refractivity contribution is 7.48. The number of unbranched alkanes of at least 4 members (excludes halogenated alkanes) is 15. The maximum atomic E-state index is 12.8. The van der Waals surface area contributed by atoms with Gasteiger partial charge in [0.1, 0.15) is 6.61 Å². The normalized spacial score (nSPS) is 20.9. The number of phosphoric acid groups is 1. The van der Waals surface area contributed by atoms with Crippen molar-refractivity contribution in [1.82, 2.24) is 0 Å². The summed E-state index contributed by atoms with van der Waals surface area (Å²) >= 11 is 5.65. The summed E-state index contributed by atoms with van der Waals surface area (Å²) in [7, 11) is -2.78. The van der Waals surface area contributed by atoms with Gasteiger partial charge in [-0.15, -0.1) is 11.6 Å². The monoisotopic (exact) mass is 822 g/mol. The van der Waals surface area contributed by atoms with Crippen LogP contribution in [0.1, 0.15) is 162 Å². The fourth-order valence-corrected chi connectivity index (χ4v) is 7.90. The van der Waals surface area contributed by atoms with Gasteiger partial charge in [-0.1, -0.05) is 134 Å². The highest BCUT2D eigenvalue weighted by atomic mass is 35.5. The molecule has 322 valence electrons. The van der Waals surface area contributed by atoms with E-state index in [1.165, 1.54) is 64.9 Å². The van der Waals surface area contributed by atoms with Crippen LogP contribution in [0.15, 0.2) is 24.3 Å². The van der Waals surface area contributed by atoms with Gasteiger partial charge in [-0.3, -0.25) is 23.2 Å². The molecule has 1 aliphatic rings. The molecule has 1 saturated carbocycles. The van der Waals surface area contributed by atoms with Gasteiger partial charge in [-0.2, -0.15) is 0 Å². The molecule has 1 aliphatic carbocycles. The molecule has 11 nitrogen and oxygen atoms in total. The van der Waals surface area contributed by atoms with Crippen LogP contribution in [0, 0.1) is 11.8 Å². The molecule has 0 aromatic heterocycles. The molecule has 1 rings (SSSR count). The van der Waals surface area contributed by atoms with Crippen molar-refractivity contribution in [2.24, 2.45) is 11.8 Å². The van der Waals surface area contributed by atoms with E-state index in [0.717, 1.165) is 44.9 Å². The van der Waals surface area contributed by atoms with Crippen LogP contribution in [-0.2, 0) is 37.2 Å². The first-order valence-electron chi connectivity index (χ1n) is 21.3. The summed E-state index contributed by atoms with van der Waals surface area (Å²) in [6.45, 7) is 3.65. The maximum Gasteiger partial charge on any atom is 0.474 e. The molecule has 55 heavy (non-hydrogen) atoms. The van der Waals surface area contributed by atoms with Crippen molar-refractivity contribution in [1.29, 1.82) is 0 Å². The molecule has 0 bridgehead atoms. The number of allylic oxidation sites excluding steroid dienone is 2. The van der Waals surface area contributed by atoms with Gasteiger partial charge in [0.2, 0.25) is 0 Å². The molecule has 0 saturated heterocycles. The predicted octanol–water partition coefficient (Wildman–Crippen LogP) is 9.92. The van der Waals surface area contributed by atoms with Gasteiger partial charge >= 0.3 is 19.8 Å². The summed E-state index contributed by atoms with van der Waals surface area (Å²) < 4.78 is 39.1. The first-order valence-corrected chi connectivity index (χ1v) is 23.3. The molecule has 0 radical (unpaired) electrons. The van der Waals surface area contributed by atoms with E-state index < -0.39 is 44.2 Å². The Morgan fingerprint density at radius 3 is 2.00 bits per heavy atom. The average molecular weight is 823 g/mol. The largest absolute Gasteiger partial charge is 0.474 e. The number of carbonyl (C=O) groups is 2. The Kier molecular flexibility index (Phi) is 31.6. The van der Waals surface area contributed by atoms with Crippen LogP contribution >= 0.6 is 19.4 Å². The van der Waals surface area contributed by atoms with Crippen molar-refractivity contribution in [2.45, 2.75) is 186 Å². The second kappa shape index (κ2) is 33.6. The second-order valence-electron chi connectivity index (χ2n) is 14.9. The van der Waals surface area contributed by atoms with Gasteiger partial charge in [-0.05, 0) is 38.0 Å². The molecular weight excluding hydrogens is 747 g/mol. The summed E-state index contributed by atoms with van der Waals surface area (Å²) in [5.74, 6) is -1.26. The lowest BCUT2D eigenvalue weighted by molar-refractivity contribution is -0.161. The molecule has 3 N–H and O–H groups in total. The van der Waals surface area contributed by atoms with Crippen LogP contribution in [0.3, 0.4) is 0 Å². The summed E-state index contributed by atoms with van der Waals surface area (Å²) in [5.41, 5.74) is 0. The summed E-state index contributed by atoms with van der Waals surface area (Å²) in [6, 6.07) is 0. The van der Waals surface area contributed by atoms with Crippen molar-refractivity contribution >= 4 is 31.4 Å². The van der Waals surface area contributed by atoms with E-state index in [1.807, 2.05) is 18.2 Å². The molecule has 0 spiro atoms. The second-order valence-corrected chi connectivity index (χ2v) is 17.0.